The molecule has 1 aliphatic heterocycles. The van der Waals surface area contributed by atoms with Crippen LogP contribution in [0.2, 0.25) is 0 Å². The molecule has 0 radical (unpaired) electrons. The highest BCUT2D eigenvalue weighted by Gasteiger charge is 2.27. The highest BCUT2D eigenvalue weighted by Crippen LogP contribution is 2.36. The van der Waals surface area contributed by atoms with Gasteiger partial charge in [0.15, 0.2) is 10.9 Å². The van der Waals surface area contributed by atoms with Crippen LogP contribution in [-0.2, 0) is 11.2 Å². The van der Waals surface area contributed by atoms with Gasteiger partial charge in [-0.3, -0.25) is 14.6 Å². The zero-order chi connectivity index (χ0) is 24.5. The number of fused-ring (bicyclic) bond motifs is 1. The Morgan fingerprint density at radius 1 is 1.06 bits per heavy atom. The van der Waals surface area contributed by atoms with Crippen LogP contribution in [0.4, 0.5) is 5.13 Å². The summed E-state index contributed by atoms with van der Waals surface area (Å²) in [6.07, 6.45) is 3.94. The number of Topliss-reactive ketones (excluding diaryl/α,β-unsaturated/α-hetero) is 1. The van der Waals surface area contributed by atoms with Crippen molar-refractivity contribution in [2.45, 2.75) is 26.2 Å². The highest BCUT2D eigenvalue weighted by molar-refractivity contribution is 7.29. The minimum absolute atomic E-state index is 0.105. The van der Waals surface area contributed by atoms with Crippen LogP contribution < -0.4 is 4.90 Å². The van der Waals surface area contributed by atoms with Gasteiger partial charge in [-0.15, -0.1) is 11.3 Å². The van der Waals surface area contributed by atoms with Gasteiger partial charge in [0.2, 0.25) is 5.91 Å². The molecule has 35 heavy (non-hydrogen) atoms. The van der Waals surface area contributed by atoms with E-state index in [1.165, 1.54) is 11.3 Å². The number of aryl methyl sites for hydroxylation is 1. The Balaban J connectivity index is 1.22. The molecule has 1 aromatic carbocycles. The number of amides is 1. The van der Waals surface area contributed by atoms with Gasteiger partial charge in [0.25, 0.3) is 0 Å². The third-order valence-electron chi connectivity index (χ3n) is 6.43. The van der Waals surface area contributed by atoms with Crippen molar-refractivity contribution in [1.29, 1.82) is 0 Å². The number of hydrogen-bond donors (Lipinski definition) is 0. The van der Waals surface area contributed by atoms with Crippen LogP contribution in [-0.4, -0.2) is 53.7 Å². The quantitative estimate of drug-likeness (QED) is 0.326. The molecule has 0 saturated carbocycles. The summed E-state index contributed by atoms with van der Waals surface area (Å²) < 4.78 is 1.06. The van der Waals surface area contributed by atoms with Gasteiger partial charge in [-0.2, -0.15) is 0 Å². The lowest BCUT2D eigenvalue weighted by molar-refractivity contribution is -0.133. The molecule has 8 heteroatoms. The van der Waals surface area contributed by atoms with Gasteiger partial charge >= 0.3 is 0 Å². The second-order valence-electron chi connectivity index (χ2n) is 9.29. The maximum atomic E-state index is 12.9. The zero-order valence-corrected chi connectivity index (χ0v) is 21.8. The van der Waals surface area contributed by atoms with E-state index in [1.807, 2.05) is 63.6 Å². The van der Waals surface area contributed by atoms with Crippen molar-refractivity contribution < 1.29 is 9.59 Å². The molecule has 4 heterocycles. The molecule has 1 saturated heterocycles. The third kappa shape index (κ3) is 5.13. The summed E-state index contributed by atoms with van der Waals surface area (Å²) in [5.41, 5.74) is 4.10. The Hall–Kier alpha value is -3.10. The molecule has 0 spiro atoms. The van der Waals surface area contributed by atoms with Gasteiger partial charge < -0.3 is 9.80 Å². The molecule has 5 rings (SSSR count). The summed E-state index contributed by atoms with van der Waals surface area (Å²) in [4.78, 5) is 40.1. The molecule has 4 aromatic rings. The summed E-state index contributed by atoms with van der Waals surface area (Å²) in [5.74, 6) is 0.439. The van der Waals surface area contributed by atoms with E-state index in [0.29, 0.717) is 6.42 Å². The van der Waals surface area contributed by atoms with Crippen molar-refractivity contribution >= 4 is 49.0 Å². The minimum Gasteiger partial charge on any atom is -0.349 e. The number of thiazole rings is 1. The van der Waals surface area contributed by atoms with Crippen LogP contribution in [0.25, 0.3) is 20.8 Å². The Morgan fingerprint density at radius 3 is 2.43 bits per heavy atom. The van der Waals surface area contributed by atoms with E-state index < -0.39 is 0 Å². The van der Waals surface area contributed by atoms with Crippen molar-refractivity contribution in [1.82, 2.24) is 14.9 Å². The second-order valence-corrected chi connectivity index (χ2v) is 11.3. The van der Waals surface area contributed by atoms with Crippen LogP contribution in [0.15, 0.2) is 48.7 Å². The molecule has 6 nitrogen and oxygen atoms in total. The molecule has 1 amide bonds. The average Bonchev–Trinajstić information content (AvgIpc) is 3.44. The van der Waals surface area contributed by atoms with Crippen molar-refractivity contribution in [3.05, 3.63) is 64.7 Å². The number of rotatable bonds is 6. The summed E-state index contributed by atoms with van der Waals surface area (Å²) >= 11 is 3.11. The van der Waals surface area contributed by atoms with Gasteiger partial charge in [-0.05, 0) is 43.0 Å². The van der Waals surface area contributed by atoms with Crippen LogP contribution in [0, 0.1) is 12.8 Å². The molecular formula is C27H28N4O2S2. The Labute approximate surface area is 213 Å². The first-order chi connectivity index (χ1) is 16.9. The van der Waals surface area contributed by atoms with Crippen LogP contribution in [0.5, 0.6) is 0 Å². The fourth-order valence-electron chi connectivity index (χ4n) is 4.38. The van der Waals surface area contributed by atoms with Crippen molar-refractivity contribution in [3.63, 3.8) is 0 Å². The monoisotopic (exact) mass is 504 g/mol. The van der Waals surface area contributed by atoms with E-state index in [0.717, 1.165) is 67.9 Å². The number of hydrogen-bond acceptors (Lipinski definition) is 7. The number of carbonyl (C=O) groups is 2. The SMILES string of the molecule is Cc1ccc(-c2ccc(CC(=O)c3cc4sc(N5CCC(C(=O)N(C)C)CC5)nc4s3)cc2)nc1. The highest BCUT2D eigenvalue weighted by atomic mass is 32.1. The molecule has 0 aliphatic carbocycles. The summed E-state index contributed by atoms with van der Waals surface area (Å²) in [7, 11) is 3.64. The Bertz CT molecular complexity index is 1320. The Morgan fingerprint density at radius 2 is 1.80 bits per heavy atom. The molecule has 3 aromatic heterocycles. The number of ketones is 1. The van der Waals surface area contributed by atoms with Gasteiger partial charge in [0.1, 0.15) is 4.83 Å². The van der Waals surface area contributed by atoms with Crippen molar-refractivity contribution in [2.24, 2.45) is 5.92 Å². The molecule has 0 unspecified atom stereocenters. The first-order valence-corrected chi connectivity index (χ1v) is 13.4. The van der Waals surface area contributed by atoms with Gasteiger partial charge in [0, 0.05) is 51.3 Å². The number of aromatic nitrogens is 2. The maximum Gasteiger partial charge on any atom is 0.225 e. The molecule has 0 atom stereocenters. The molecule has 1 fully saturated rings. The van der Waals surface area contributed by atoms with E-state index in [2.05, 4.69) is 16.0 Å². The van der Waals surface area contributed by atoms with Crippen LogP contribution in [0.1, 0.15) is 33.6 Å². The van der Waals surface area contributed by atoms with E-state index in [9.17, 15) is 9.59 Å². The number of carbonyl (C=O) groups excluding carboxylic acids is 2. The number of benzene rings is 1. The lowest BCUT2D eigenvalue weighted by atomic mass is 9.96. The normalized spacial score (nSPS) is 14.4. The van der Waals surface area contributed by atoms with Crippen LogP contribution >= 0.6 is 22.7 Å². The minimum atomic E-state index is 0.105. The maximum absolute atomic E-state index is 12.9. The first kappa shape index (κ1) is 23.6. The third-order valence-corrected chi connectivity index (χ3v) is 8.70. The molecular weight excluding hydrogens is 476 g/mol. The summed E-state index contributed by atoms with van der Waals surface area (Å²) in [6.45, 7) is 3.70. The first-order valence-electron chi connectivity index (χ1n) is 11.8. The fourth-order valence-corrected chi connectivity index (χ4v) is 6.58. The lowest BCUT2D eigenvalue weighted by Crippen LogP contribution is -2.40. The predicted octanol–water partition coefficient (Wildman–Crippen LogP) is 5.46. The predicted molar refractivity (Wildman–Crippen MR) is 144 cm³/mol. The van der Waals surface area contributed by atoms with E-state index >= 15 is 0 Å². The molecule has 180 valence electrons. The second kappa shape index (κ2) is 9.87. The lowest BCUT2D eigenvalue weighted by Gasteiger charge is -2.32. The van der Waals surface area contributed by atoms with Crippen molar-refractivity contribution in [2.75, 3.05) is 32.1 Å². The number of anilines is 1. The zero-order valence-electron chi connectivity index (χ0n) is 20.2. The van der Waals surface area contributed by atoms with Gasteiger partial charge in [-0.1, -0.05) is 41.7 Å². The number of thiophene rings is 1. The number of pyridine rings is 1. The standard InChI is InChI=1S/C27H28N4O2S2/c1-17-4-9-21(28-16-17)19-7-5-18(6-8-19)14-22(32)23-15-24-25(34-23)29-27(35-24)31-12-10-20(11-13-31)26(33)30(2)3/h4-9,15-16,20H,10-14H2,1-3H3. The van der Waals surface area contributed by atoms with E-state index in [-0.39, 0.29) is 17.6 Å². The van der Waals surface area contributed by atoms with Crippen molar-refractivity contribution in [3.8, 4) is 11.3 Å². The Kier molecular flexibility index (Phi) is 6.67. The van der Waals surface area contributed by atoms with E-state index in [1.54, 1.807) is 16.2 Å². The summed E-state index contributed by atoms with van der Waals surface area (Å²) in [6, 6.07) is 14.1. The molecule has 1 aliphatic rings. The fraction of sp³-hybridized carbons (Fsp3) is 0.333. The summed E-state index contributed by atoms with van der Waals surface area (Å²) in [5, 5.41) is 0.987. The number of nitrogens with zero attached hydrogens (tertiary/aromatic N) is 4. The molecule has 0 N–H and O–H groups in total. The smallest absolute Gasteiger partial charge is 0.225 e. The van der Waals surface area contributed by atoms with E-state index in [4.69, 9.17) is 4.98 Å². The molecule has 0 bridgehead atoms. The number of piperidine rings is 1. The van der Waals surface area contributed by atoms with Gasteiger partial charge in [0.05, 0.1) is 15.3 Å². The largest absolute Gasteiger partial charge is 0.349 e. The topological polar surface area (TPSA) is 66.4 Å². The van der Waals surface area contributed by atoms with Crippen LogP contribution in [0.3, 0.4) is 0 Å². The van der Waals surface area contributed by atoms with Gasteiger partial charge in [-0.25, -0.2) is 4.98 Å². The average molecular weight is 505 g/mol.